The summed E-state index contributed by atoms with van der Waals surface area (Å²) in [7, 11) is 3.06. The van der Waals surface area contributed by atoms with E-state index >= 15 is 0 Å². The maximum absolute atomic E-state index is 12.2. The van der Waals surface area contributed by atoms with Gasteiger partial charge in [-0.1, -0.05) is 19.8 Å². The first-order valence-corrected chi connectivity index (χ1v) is 7.74. The van der Waals surface area contributed by atoms with Crippen molar-refractivity contribution in [1.82, 2.24) is 5.06 Å². The minimum Gasteiger partial charge on any atom is -0.382 e. The summed E-state index contributed by atoms with van der Waals surface area (Å²) < 4.78 is 15.7. The fourth-order valence-electron chi connectivity index (χ4n) is 2.06. The third-order valence-corrected chi connectivity index (χ3v) is 3.44. The lowest BCUT2D eigenvalue weighted by Crippen LogP contribution is -2.39. The molecule has 0 saturated carbocycles. The molecule has 1 heterocycles. The molecule has 1 rings (SSSR count). The van der Waals surface area contributed by atoms with Gasteiger partial charge in [-0.15, -0.1) is 5.06 Å². The number of methoxy groups -OCH3 is 2. The first kappa shape index (κ1) is 19.5. The summed E-state index contributed by atoms with van der Waals surface area (Å²) in [4.78, 5) is 40.1. The molecule has 23 heavy (non-hydrogen) atoms. The summed E-state index contributed by atoms with van der Waals surface area (Å²) in [5, 5.41) is 0.535. The van der Waals surface area contributed by atoms with Gasteiger partial charge in [0, 0.05) is 27.1 Å². The minimum atomic E-state index is -0.856. The van der Waals surface area contributed by atoms with Crippen molar-refractivity contribution in [1.29, 1.82) is 0 Å². The third-order valence-electron chi connectivity index (χ3n) is 3.44. The van der Waals surface area contributed by atoms with Crippen molar-refractivity contribution < 1.29 is 33.4 Å². The summed E-state index contributed by atoms with van der Waals surface area (Å²) >= 11 is 0. The van der Waals surface area contributed by atoms with Crippen LogP contribution in [0.5, 0.6) is 0 Å². The number of unbranched alkanes of at least 4 members (excludes halogenated alkanes) is 1. The molecule has 132 valence electrons. The monoisotopic (exact) mass is 331 g/mol. The second-order valence-electron chi connectivity index (χ2n) is 5.27. The maximum atomic E-state index is 12.2. The van der Waals surface area contributed by atoms with Gasteiger partial charge in [0.2, 0.25) is 0 Å². The molecule has 0 N–H and O–H groups in total. The number of amides is 2. The Hall–Kier alpha value is -1.51. The van der Waals surface area contributed by atoms with E-state index < -0.39 is 23.9 Å². The Labute approximate surface area is 135 Å². The van der Waals surface area contributed by atoms with Gasteiger partial charge in [0.05, 0.1) is 13.2 Å². The molecule has 0 bridgehead atoms. The minimum absolute atomic E-state index is 0.0617. The van der Waals surface area contributed by atoms with Crippen LogP contribution in [0.15, 0.2) is 0 Å². The molecule has 0 spiro atoms. The first-order chi connectivity index (χ1) is 11.0. The van der Waals surface area contributed by atoms with Gasteiger partial charge in [-0.3, -0.25) is 9.59 Å². The summed E-state index contributed by atoms with van der Waals surface area (Å²) in [6, 6.07) is 0. The molecule has 8 nitrogen and oxygen atoms in total. The van der Waals surface area contributed by atoms with Gasteiger partial charge < -0.3 is 19.0 Å². The number of ether oxygens (including phenoxy) is 3. The van der Waals surface area contributed by atoms with Crippen molar-refractivity contribution >= 4 is 17.8 Å². The van der Waals surface area contributed by atoms with E-state index in [9.17, 15) is 14.4 Å². The van der Waals surface area contributed by atoms with E-state index in [1.807, 2.05) is 6.92 Å². The molecule has 8 heteroatoms. The number of hydrogen-bond acceptors (Lipinski definition) is 7. The van der Waals surface area contributed by atoms with Gasteiger partial charge >= 0.3 is 5.97 Å². The van der Waals surface area contributed by atoms with Gasteiger partial charge in [-0.25, -0.2) is 4.79 Å². The normalized spacial score (nSPS) is 17.4. The van der Waals surface area contributed by atoms with Gasteiger partial charge in [0.1, 0.15) is 6.10 Å². The Kier molecular flexibility index (Phi) is 8.75. The van der Waals surface area contributed by atoms with Crippen LogP contribution in [0, 0.1) is 0 Å². The molecule has 1 aliphatic heterocycles. The fraction of sp³-hybridized carbons (Fsp3) is 0.800. The van der Waals surface area contributed by atoms with Crippen molar-refractivity contribution in [3.63, 3.8) is 0 Å². The molecule has 2 amide bonds. The van der Waals surface area contributed by atoms with Gasteiger partial charge in [0.25, 0.3) is 11.8 Å². The number of imide groups is 1. The lowest BCUT2D eigenvalue weighted by Gasteiger charge is -2.21. The summed E-state index contributed by atoms with van der Waals surface area (Å²) in [5.41, 5.74) is 0. The molecular weight excluding hydrogens is 306 g/mol. The lowest BCUT2D eigenvalue weighted by atomic mass is 10.1. The van der Waals surface area contributed by atoms with Crippen molar-refractivity contribution in [2.24, 2.45) is 0 Å². The van der Waals surface area contributed by atoms with E-state index in [1.54, 1.807) is 7.11 Å². The Morgan fingerprint density at radius 3 is 2.35 bits per heavy atom. The van der Waals surface area contributed by atoms with Crippen LogP contribution in [0.25, 0.3) is 0 Å². The average Bonchev–Trinajstić information content (AvgIpc) is 2.85. The van der Waals surface area contributed by atoms with E-state index in [1.165, 1.54) is 7.11 Å². The fourth-order valence-corrected chi connectivity index (χ4v) is 2.06. The third kappa shape index (κ3) is 6.25. The van der Waals surface area contributed by atoms with E-state index in [4.69, 9.17) is 19.0 Å². The zero-order valence-electron chi connectivity index (χ0n) is 13.9. The highest BCUT2D eigenvalue weighted by Gasteiger charge is 2.35. The summed E-state index contributed by atoms with van der Waals surface area (Å²) in [5.74, 6) is -1.76. The number of carbonyl (C=O) groups is 3. The first-order valence-electron chi connectivity index (χ1n) is 7.74. The molecule has 1 fully saturated rings. The molecule has 0 aromatic carbocycles. The largest absolute Gasteiger partial charge is 0.382 e. The van der Waals surface area contributed by atoms with Gasteiger partial charge in [0.15, 0.2) is 6.10 Å². The molecular formula is C15H25NO7. The maximum Gasteiger partial charge on any atom is 0.361 e. The molecule has 2 atom stereocenters. The topological polar surface area (TPSA) is 91.4 Å². The Morgan fingerprint density at radius 2 is 1.83 bits per heavy atom. The lowest BCUT2D eigenvalue weighted by molar-refractivity contribution is -0.206. The zero-order valence-corrected chi connectivity index (χ0v) is 13.9. The van der Waals surface area contributed by atoms with Crippen LogP contribution in [0.2, 0.25) is 0 Å². The van der Waals surface area contributed by atoms with E-state index in [-0.39, 0.29) is 25.6 Å². The van der Waals surface area contributed by atoms with E-state index in [2.05, 4.69) is 0 Å². The highest BCUT2D eigenvalue weighted by molar-refractivity contribution is 6.01. The Bertz CT molecular complexity index is 397. The highest BCUT2D eigenvalue weighted by Crippen LogP contribution is 2.15. The number of carbonyl (C=O) groups excluding carboxylic acids is 3. The van der Waals surface area contributed by atoms with Gasteiger partial charge in [-0.05, 0) is 6.42 Å². The van der Waals surface area contributed by atoms with Crippen LogP contribution in [0.3, 0.4) is 0 Å². The quantitative estimate of drug-likeness (QED) is 0.518. The smallest absolute Gasteiger partial charge is 0.361 e. The van der Waals surface area contributed by atoms with Crippen LogP contribution >= 0.6 is 0 Å². The molecule has 1 saturated heterocycles. The number of hydrogen-bond donors (Lipinski definition) is 0. The molecule has 2 unspecified atom stereocenters. The predicted octanol–water partition coefficient (Wildman–Crippen LogP) is 0.830. The Morgan fingerprint density at radius 1 is 1.17 bits per heavy atom. The summed E-state index contributed by atoms with van der Waals surface area (Å²) in [6.07, 6.45) is 1.02. The molecule has 0 aromatic rings. The molecule has 0 radical (unpaired) electrons. The number of nitrogens with zero attached hydrogens (tertiary/aromatic N) is 1. The SMILES string of the molecule is CCCCC(OCC(COC)OC)C(=O)ON1C(=O)CCC1=O. The summed E-state index contributed by atoms with van der Waals surface area (Å²) in [6.45, 7) is 2.46. The zero-order chi connectivity index (χ0) is 17.2. The molecule has 0 aromatic heterocycles. The highest BCUT2D eigenvalue weighted by atomic mass is 16.7. The van der Waals surface area contributed by atoms with Crippen LogP contribution in [0.4, 0.5) is 0 Å². The van der Waals surface area contributed by atoms with Crippen molar-refractivity contribution in [2.45, 2.75) is 51.2 Å². The van der Waals surface area contributed by atoms with Crippen molar-refractivity contribution in [2.75, 3.05) is 27.4 Å². The second kappa shape index (κ2) is 10.3. The predicted molar refractivity (Wildman–Crippen MR) is 79.1 cm³/mol. The van der Waals surface area contributed by atoms with Gasteiger partial charge in [-0.2, -0.15) is 0 Å². The van der Waals surface area contributed by atoms with Crippen molar-refractivity contribution in [3.05, 3.63) is 0 Å². The second-order valence-corrected chi connectivity index (χ2v) is 5.27. The van der Waals surface area contributed by atoms with Crippen LogP contribution in [0.1, 0.15) is 39.0 Å². The molecule has 0 aliphatic carbocycles. The van der Waals surface area contributed by atoms with Crippen LogP contribution < -0.4 is 0 Å². The standard InChI is InChI=1S/C15H25NO7/c1-4-5-6-12(22-10-11(21-3)9-20-2)15(19)23-16-13(17)7-8-14(16)18/h11-12H,4-10H2,1-3H3. The van der Waals surface area contributed by atoms with Crippen LogP contribution in [-0.2, 0) is 33.4 Å². The van der Waals surface area contributed by atoms with Crippen molar-refractivity contribution in [3.8, 4) is 0 Å². The molecule has 1 aliphatic rings. The number of hydroxylamine groups is 2. The Balaban J connectivity index is 2.59. The van der Waals surface area contributed by atoms with Crippen LogP contribution in [-0.4, -0.2) is 62.5 Å². The van der Waals surface area contributed by atoms with E-state index in [0.29, 0.717) is 18.1 Å². The number of rotatable bonds is 11. The van der Waals surface area contributed by atoms with E-state index in [0.717, 1.165) is 12.8 Å². The average molecular weight is 331 g/mol.